The van der Waals surface area contributed by atoms with Crippen LogP contribution in [-0.2, 0) is 4.79 Å². The van der Waals surface area contributed by atoms with Crippen molar-refractivity contribution in [1.82, 2.24) is 5.32 Å². The van der Waals surface area contributed by atoms with Crippen LogP contribution >= 0.6 is 0 Å². The second kappa shape index (κ2) is 7.84. The zero-order valence-electron chi connectivity index (χ0n) is 9.02. The van der Waals surface area contributed by atoms with E-state index in [0.717, 1.165) is 25.0 Å². The molecule has 0 fully saturated rings. The van der Waals surface area contributed by atoms with E-state index in [-0.39, 0.29) is 5.91 Å². The molecule has 0 aromatic carbocycles. The predicted molar refractivity (Wildman–Crippen MR) is 56.6 cm³/mol. The first kappa shape index (κ1) is 12.2. The summed E-state index contributed by atoms with van der Waals surface area (Å²) in [5.41, 5.74) is 0.849. The highest BCUT2D eigenvalue weighted by Crippen LogP contribution is 2.00. The lowest BCUT2D eigenvalue weighted by Gasteiger charge is -2.02. The Hall–Kier alpha value is -0.790. The number of amides is 1. The fourth-order valence-corrected chi connectivity index (χ4v) is 0.993. The highest BCUT2D eigenvalue weighted by atomic mass is 16.1. The fraction of sp³-hybridized carbons (Fsp3) is 0.727. The largest absolute Gasteiger partial charge is 0.352 e. The maximum atomic E-state index is 11.3. The molecular formula is C11H21NO. The van der Waals surface area contributed by atoms with Crippen molar-refractivity contribution in [1.29, 1.82) is 0 Å². The maximum Gasteiger partial charge on any atom is 0.246 e. The molecular weight excluding hydrogens is 162 g/mol. The molecule has 0 unspecified atom stereocenters. The molecule has 2 heteroatoms. The van der Waals surface area contributed by atoms with Gasteiger partial charge in [-0.15, -0.1) is 0 Å². The minimum Gasteiger partial charge on any atom is -0.352 e. The van der Waals surface area contributed by atoms with Gasteiger partial charge in [0.25, 0.3) is 0 Å². The van der Waals surface area contributed by atoms with E-state index >= 15 is 0 Å². The Morgan fingerprint density at radius 3 is 2.54 bits per heavy atom. The summed E-state index contributed by atoms with van der Waals surface area (Å²) in [6.07, 6.45) is 6.38. The van der Waals surface area contributed by atoms with Gasteiger partial charge in [-0.1, -0.05) is 32.8 Å². The number of rotatable bonds is 6. The Balaban J connectivity index is 3.72. The van der Waals surface area contributed by atoms with Crippen molar-refractivity contribution in [3.63, 3.8) is 0 Å². The Morgan fingerprint density at radius 2 is 2.00 bits per heavy atom. The first-order valence-corrected chi connectivity index (χ1v) is 5.17. The molecule has 0 radical (unpaired) electrons. The standard InChI is InChI=1S/C11H21NO/c1-4-6-7-8-10(3)11(13)12-9-5-2/h8H,4-7,9H2,1-3H3,(H,12,13)/b10-8+. The van der Waals surface area contributed by atoms with Gasteiger partial charge in [0.05, 0.1) is 0 Å². The molecule has 0 saturated carbocycles. The molecule has 0 saturated heterocycles. The Labute approximate surface area is 81.4 Å². The molecule has 1 amide bonds. The topological polar surface area (TPSA) is 29.1 Å². The number of carbonyl (C=O) groups is 1. The van der Waals surface area contributed by atoms with Gasteiger partial charge in [0.15, 0.2) is 0 Å². The van der Waals surface area contributed by atoms with Crippen molar-refractivity contribution in [2.24, 2.45) is 0 Å². The summed E-state index contributed by atoms with van der Waals surface area (Å²) in [5.74, 6) is 0.0814. The van der Waals surface area contributed by atoms with E-state index in [0.29, 0.717) is 0 Å². The van der Waals surface area contributed by atoms with E-state index in [4.69, 9.17) is 0 Å². The number of nitrogens with one attached hydrogen (secondary N) is 1. The lowest BCUT2D eigenvalue weighted by molar-refractivity contribution is -0.117. The molecule has 0 aromatic rings. The molecule has 0 atom stereocenters. The molecule has 1 N–H and O–H groups in total. The summed E-state index contributed by atoms with van der Waals surface area (Å²) in [4.78, 5) is 11.3. The van der Waals surface area contributed by atoms with Gasteiger partial charge in [-0.3, -0.25) is 4.79 Å². The van der Waals surface area contributed by atoms with Gasteiger partial charge < -0.3 is 5.32 Å². The van der Waals surface area contributed by atoms with Gasteiger partial charge in [0, 0.05) is 12.1 Å². The van der Waals surface area contributed by atoms with Gasteiger partial charge in [0.1, 0.15) is 0 Å². The quantitative estimate of drug-likeness (QED) is 0.498. The van der Waals surface area contributed by atoms with E-state index in [2.05, 4.69) is 19.2 Å². The minimum absolute atomic E-state index is 0.0814. The fourth-order valence-electron chi connectivity index (χ4n) is 0.993. The Morgan fingerprint density at radius 1 is 1.31 bits per heavy atom. The highest BCUT2D eigenvalue weighted by molar-refractivity contribution is 5.92. The van der Waals surface area contributed by atoms with Gasteiger partial charge in [-0.2, -0.15) is 0 Å². The second-order valence-electron chi connectivity index (χ2n) is 3.29. The van der Waals surface area contributed by atoms with Crippen LogP contribution in [0.25, 0.3) is 0 Å². The molecule has 2 nitrogen and oxygen atoms in total. The Kier molecular flexibility index (Phi) is 7.36. The Bertz CT molecular complexity index is 173. The number of allylic oxidation sites excluding steroid dienone is 1. The summed E-state index contributed by atoms with van der Waals surface area (Å²) < 4.78 is 0. The third-order valence-corrected chi connectivity index (χ3v) is 1.90. The van der Waals surface area contributed by atoms with Crippen LogP contribution in [-0.4, -0.2) is 12.5 Å². The van der Waals surface area contributed by atoms with E-state index in [1.807, 2.05) is 13.0 Å². The highest BCUT2D eigenvalue weighted by Gasteiger charge is 2.00. The third kappa shape index (κ3) is 6.38. The van der Waals surface area contributed by atoms with Crippen LogP contribution in [0.2, 0.25) is 0 Å². The first-order valence-electron chi connectivity index (χ1n) is 5.17. The van der Waals surface area contributed by atoms with E-state index in [1.165, 1.54) is 12.8 Å². The average molecular weight is 183 g/mol. The van der Waals surface area contributed by atoms with Gasteiger partial charge in [0.2, 0.25) is 5.91 Å². The summed E-state index contributed by atoms with van der Waals surface area (Å²) in [6, 6.07) is 0. The summed E-state index contributed by atoms with van der Waals surface area (Å²) >= 11 is 0. The summed E-state index contributed by atoms with van der Waals surface area (Å²) in [5, 5.41) is 2.85. The van der Waals surface area contributed by atoms with Crippen molar-refractivity contribution < 1.29 is 4.79 Å². The molecule has 0 aliphatic rings. The molecule has 13 heavy (non-hydrogen) atoms. The van der Waals surface area contributed by atoms with Gasteiger partial charge >= 0.3 is 0 Å². The van der Waals surface area contributed by atoms with E-state index in [9.17, 15) is 4.79 Å². The molecule has 0 spiro atoms. The molecule has 0 bridgehead atoms. The van der Waals surface area contributed by atoms with Gasteiger partial charge in [-0.25, -0.2) is 0 Å². The number of hydrogen-bond acceptors (Lipinski definition) is 1. The van der Waals surface area contributed by atoms with E-state index in [1.54, 1.807) is 0 Å². The van der Waals surface area contributed by atoms with Gasteiger partial charge in [-0.05, 0) is 19.8 Å². The average Bonchev–Trinajstić information content (AvgIpc) is 2.14. The van der Waals surface area contributed by atoms with Crippen molar-refractivity contribution in [2.75, 3.05) is 6.54 Å². The third-order valence-electron chi connectivity index (χ3n) is 1.90. The summed E-state index contributed by atoms with van der Waals surface area (Å²) in [7, 11) is 0. The van der Waals surface area contributed by atoms with Crippen LogP contribution < -0.4 is 5.32 Å². The normalized spacial score (nSPS) is 11.5. The van der Waals surface area contributed by atoms with Crippen molar-refractivity contribution in [2.45, 2.75) is 46.5 Å². The first-order chi connectivity index (χ1) is 6.22. The molecule has 0 heterocycles. The molecule has 76 valence electrons. The van der Waals surface area contributed by atoms with Crippen LogP contribution in [0, 0.1) is 0 Å². The lowest BCUT2D eigenvalue weighted by Crippen LogP contribution is -2.24. The summed E-state index contributed by atoms with van der Waals surface area (Å²) in [6.45, 7) is 6.86. The smallest absolute Gasteiger partial charge is 0.246 e. The number of unbranched alkanes of at least 4 members (excludes halogenated alkanes) is 2. The maximum absolute atomic E-state index is 11.3. The zero-order chi connectivity index (χ0) is 10.1. The van der Waals surface area contributed by atoms with Crippen LogP contribution in [0.1, 0.15) is 46.5 Å². The van der Waals surface area contributed by atoms with Crippen LogP contribution in [0.3, 0.4) is 0 Å². The number of carbonyl (C=O) groups excluding carboxylic acids is 1. The van der Waals surface area contributed by atoms with Crippen LogP contribution in [0.5, 0.6) is 0 Å². The minimum atomic E-state index is 0.0814. The molecule has 0 aromatic heterocycles. The predicted octanol–water partition coefficient (Wildman–Crippen LogP) is 2.65. The van der Waals surface area contributed by atoms with Crippen molar-refractivity contribution >= 4 is 5.91 Å². The molecule has 0 rings (SSSR count). The monoisotopic (exact) mass is 183 g/mol. The second-order valence-corrected chi connectivity index (χ2v) is 3.29. The lowest BCUT2D eigenvalue weighted by atomic mass is 10.2. The number of hydrogen-bond donors (Lipinski definition) is 1. The molecule has 0 aliphatic heterocycles. The van der Waals surface area contributed by atoms with Crippen LogP contribution in [0.4, 0.5) is 0 Å². The zero-order valence-corrected chi connectivity index (χ0v) is 9.02. The van der Waals surface area contributed by atoms with Crippen molar-refractivity contribution in [3.8, 4) is 0 Å². The SMILES string of the molecule is CCCC/C=C(\C)C(=O)NCCC. The van der Waals surface area contributed by atoms with E-state index < -0.39 is 0 Å². The van der Waals surface area contributed by atoms with Crippen molar-refractivity contribution in [3.05, 3.63) is 11.6 Å². The van der Waals surface area contributed by atoms with Crippen LogP contribution in [0.15, 0.2) is 11.6 Å². The molecule has 0 aliphatic carbocycles.